The van der Waals surface area contributed by atoms with E-state index in [0.29, 0.717) is 0 Å². The van der Waals surface area contributed by atoms with E-state index in [1.807, 2.05) is 12.4 Å². The van der Waals surface area contributed by atoms with Crippen molar-refractivity contribution >= 4 is 0 Å². The van der Waals surface area contributed by atoms with Crippen LogP contribution in [0.2, 0.25) is 0 Å². The minimum Gasteiger partial charge on any atom is -0.361 e. The van der Waals surface area contributed by atoms with Gasteiger partial charge in [0.25, 0.3) is 0 Å². The second-order valence-electron chi connectivity index (χ2n) is 6.75. The van der Waals surface area contributed by atoms with Crippen molar-refractivity contribution in [2.45, 2.75) is 13.8 Å². The highest BCUT2D eigenvalue weighted by atomic mass is 14.7. The smallest absolute Gasteiger partial charge is 0.0493 e. The fourth-order valence-electron chi connectivity index (χ4n) is 3.96. The van der Waals surface area contributed by atoms with Crippen LogP contribution in [0, 0.1) is 20.3 Å². The van der Waals surface area contributed by atoms with Gasteiger partial charge in [0.05, 0.1) is 0 Å². The Bertz CT molecular complexity index is 1090. The first-order valence-corrected chi connectivity index (χ1v) is 8.64. The van der Waals surface area contributed by atoms with Gasteiger partial charge >= 0.3 is 0 Å². The predicted molar refractivity (Wildman–Crippen MR) is 103 cm³/mol. The lowest BCUT2D eigenvalue weighted by Gasteiger charge is -2.15. The SMILES string of the molecule is Cc1cc[nH]c1-c1ccc2c(c1-c1[nH]ccc1C)[CH]c1ccccc1-2. The molecule has 5 rings (SSSR count). The molecule has 0 saturated carbocycles. The minimum atomic E-state index is 1.19. The molecule has 2 aromatic carbocycles. The number of aromatic amines is 2. The summed E-state index contributed by atoms with van der Waals surface area (Å²) >= 11 is 0. The van der Waals surface area contributed by atoms with Gasteiger partial charge in [0.2, 0.25) is 0 Å². The molecule has 2 nitrogen and oxygen atoms in total. The van der Waals surface area contributed by atoms with Crippen molar-refractivity contribution < 1.29 is 0 Å². The van der Waals surface area contributed by atoms with Crippen LogP contribution < -0.4 is 0 Å². The molecule has 0 atom stereocenters. The first-order valence-electron chi connectivity index (χ1n) is 8.64. The van der Waals surface area contributed by atoms with Gasteiger partial charge in [-0.3, -0.25) is 0 Å². The van der Waals surface area contributed by atoms with Crippen LogP contribution in [0.25, 0.3) is 33.6 Å². The zero-order chi connectivity index (χ0) is 17.0. The average molecular weight is 323 g/mol. The Hall–Kier alpha value is -3.00. The van der Waals surface area contributed by atoms with Crippen LogP contribution in [0.15, 0.2) is 60.9 Å². The van der Waals surface area contributed by atoms with Crippen molar-refractivity contribution in [1.82, 2.24) is 9.97 Å². The van der Waals surface area contributed by atoms with Crippen LogP contribution >= 0.6 is 0 Å². The summed E-state index contributed by atoms with van der Waals surface area (Å²) in [7, 11) is 0. The highest BCUT2D eigenvalue weighted by Gasteiger charge is 2.26. The summed E-state index contributed by atoms with van der Waals surface area (Å²) in [5.41, 5.74) is 12.7. The van der Waals surface area contributed by atoms with Gasteiger partial charge in [-0.2, -0.15) is 0 Å². The second-order valence-corrected chi connectivity index (χ2v) is 6.75. The third-order valence-corrected chi connectivity index (χ3v) is 5.23. The third-order valence-electron chi connectivity index (χ3n) is 5.23. The first-order chi connectivity index (χ1) is 12.2. The number of rotatable bonds is 2. The van der Waals surface area contributed by atoms with E-state index in [1.165, 1.54) is 55.9 Å². The van der Waals surface area contributed by atoms with Crippen LogP contribution in [0.1, 0.15) is 22.3 Å². The molecule has 2 N–H and O–H groups in total. The molecule has 0 saturated heterocycles. The molecule has 2 heterocycles. The summed E-state index contributed by atoms with van der Waals surface area (Å²) in [6, 6.07) is 17.4. The van der Waals surface area contributed by atoms with E-state index in [9.17, 15) is 0 Å². The van der Waals surface area contributed by atoms with E-state index in [2.05, 4.69) is 78.8 Å². The molecule has 1 radical (unpaired) electrons. The summed E-state index contributed by atoms with van der Waals surface area (Å²) in [6.45, 7) is 4.32. The van der Waals surface area contributed by atoms with E-state index >= 15 is 0 Å². The topological polar surface area (TPSA) is 31.6 Å². The molecule has 1 aliphatic rings. The Morgan fingerprint density at radius 1 is 0.640 bits per heavy atom. The number of aryl methyl sites for hydroxylation is 2. The van der Waals surface area contributed by atoms with Gasteiger partial charge in [0.1, 0.15) is 0 Å². The molecule has 2 aromatic heterocycles. The maximum absolute atomic E-state index is 3.47. The normalized spacial score (nSPS) is 12.2. The molecule has 0 bridgehead atoms. The Morgan fingerprint density at radius 3 is 2.04 bits per heavy atom. The van der Waals surface area contributed by atoms with Gasteiger partial charge in [-0.05, 0) is 59.4 Å². The van der Waals surface area contributed by atoms with Gasteiger partial charge in [-0.1, -0.05) is 36.4 Å². The van der Waals surface area contributed by atoms with Gasteiger partial charge < -0.3 is 9.97 Å². The van der Waals surface area contributed by atoms with E-state index in [0.717, 1.165) is 0 Å². The Labute approximate surface area is 147 Å². The van der Waals surface area contributed by atoms with E-state index in [1.54, 1.807) is 0 Å². The Morgan fingerprint density at radius 2 is 1.32 bits per heavy atom. The van der Waals surface area contributed by atoms with Crippen molar-refractivity contribution in [3.63, 3.8) is 0 Å². The van der Waals surface area contributed by atoms with Crippen molar-refractivity contribution in [1.29, 1.82) is 0 Å². The van der Waals surface area contributed by atoms with Crippen molar-refractivity contribution in [2.75, 3.05) is 0 Å². The largest absolute Gasteiger partial charge is 0.361 e. The van der Waals surface area contributed by atoms with Crippen LogP contribution in [0.5, 0.6) is 0 Å². The molecule has 25 heavy (non-hydrogen) atoms. The summed E-state index contributed by atoms with van der Waals surface area (Å²) in [5, 5.41) is 0. The Balaban J connectivity index is 1.85. The molecule has 0 unspecified atom stereocenters. The number of hydrogen-bond donors (Lipinski definition) is 2. The molecular formula is C23H19N2. The van der Waals surface area contributed by atoms with Crippen LogP contribution in [-0.2, 0) is 0 Å². The van der Waals surface area contributed by atoms with E-state index in [-0.39, 0.29) is 0 Å². The first kappa shape index (κ1) is 14.4. The molecule has 2 heteroatoms. The van der Waals surface area contributed by atoms with Crippen molar-refractivity contribution in [3.8, 4) is 33.6 Å². The number of aromatic nitrogens is 2. The van der Waals surface area contributed by atoms with Crippen LogP contribution in [0.3, 0.4) is 0 Å². The van der Waals surface area contributed by atoms with Gasteiger partial charge in [-0.15, -0.1) is 0 Å². The molecule has 0 spiro atoms. The summed E-state index contributed by atoms with van der Waals surface area (Å²) in [4.78, 5) is 6.89. The van der Waals surface area contributed by atoms with Gasteiger partial charge in [0.15, 0.2) is 0 Å². The highest BCUT2D eigenvalue weighted by Crippen LogP contribution is 2.47. The zero-order valence-electron chi connectivity index (χ0n) is 14.4. The standard InChI is InChI=1S/C23H19N2/c1-14-9-11-24-22(14)19-8-7-18-17-6-4-3-5-16(17)13-20(18)21(19)23-15(2)10-12-25-23/h3-13,24-25H,1-2H3. The Kier molecular flexibility index (Phi) is 3.01. The highest BCUT2D eigenvalue weighted by molar-refractivity contribution is 5.95. The second kappa shape index (κ2) is 5.25. The molecule has 0 aliphatic heterocycles. The number of nitrogens with one attached hydrogen (secondary N) is 2. The van der Waals surface area contributed by atoms with Crippen molar-refractivity contribution in [2.24, 2.45) is 0 Å². The summed E-state index contributed by atoms with van der Waals surface area (Å²) < 4.78 is 0. The van der Waals surface area contributed by atoms with Crippen LogP contribution in [0.4, 0.5) is 0 Å². The molecule has 4 aromatic rings. The molecule has 0 amide bonds. The lowest BCUT2D eigenvalue weighted by molar-refractivity contribution is 1.33. The maximum Gasteiger partial charge on any atom is 0.0493 e. The van der Waals surface area contributed by atoms with E-state index < -0.39 is 0 Å². The lowest BCUT2D eigenvalue weighted by Crippen LogP contribution is -1.94. The number of fused-ring (bicyclic) bond motifs is 3. The fraction of sp³-hybridized carbons (Fsp3) is 0.0870. The number of hydrogen-bond acceptors (Lipinski definition) is 0. The fourth-order valence-corrected chi connectivity index (χ4v) is 3.96. The predicted octanol–water partition coefficient (Wildman–Crippen LogP) is 5.87. The zero-order valence-corrected chi connectivity index (χ0v) is 14.4. The third kappa shape index (κ3) is 2.04. The minimum absolute atomic E-state index is 1.19. The molecular weight excluding hydrogens is 304 g/mol. The molecule has 121 valence electrons. The monoisotopic (exact) mass is 323 g/mol. The molecule has 1 aliphatic carbocycles. The quantitative estimate of drug-likeness (QED) is 0.407. The lowest BCUT2D eigenvalue weighted by atomic mass is 9.90. The van der Waals surface area contributed by atoms with Crippen LogP contribution in [-0.4, -0.2) is 9.97 Å². The van der Waals surface area contributed by atoms with Crippen molar-refractivity contribution in [3.05, 3.63) is 89.6 Å². The summed E-state index contributed by atoms with van der Waals surface area (Å²) in [5.74, 6) is 0. The van der Waals surface area contributed by atoms with E-state index in [4.69, 9.17) is 0 Å². The number of benzene rings is 2. The number of H-pyrrole nitrogens is 2. The van der Waals surface area contributed by atoms with Gasteiger partial charge in [0, 0.05) is 41.3 Å². The average Bonchev–Trinajstić information content (AvgIpc) is 3.32. The van der Waals surface area contributed by atoms with Gasteiger partial charge in [-0.25, -0.2) is 0 Å². The maximum atomic E-state index is 3.47. The summed E-state index contributed by atoms with van der Waals surface area (Å²) in [6.07, 6.45) is 6.36. The molecule has 0 fully saturated rings.